The van der Waals surface area contributed by atoms with Gasteiger partial charge in [0.05, 0.1) is 0 Å². The lowest BCUT2D eigenvalue weighted by Gasteiger charge is -2.18. The second kappa shape index (κ2) is 7.97. The normalized spacial score (nSPS) is 11.8. The minimum absolute atomic E-state index is 0.171. The zero-order valence-corrected chi connectivity index (χ0v) is 14.5. The van der Waals surface area contributed by atoms with Crippen molar-refractivity contribution < 1.29 is 15.3 Å². The maximum absolute atomic E-state index is 10.7. The van der Waals surface area contributed by atoms with E-state index >= 15 is 0 Å². The van der Waals surface area contributed by atoms with Gasteiger partial charge in [-0.3, -0.25) is 4.98 Å². The smallest absolute Gasteiger partial charge is 0.127 e. The van der Waals surface area contributed by atoms with Gasteiger partial charge in [0, 0.05) is 35.7 Å². The lowest BCUT2D eigenvalue weighted by atomic mass is 9.89. The van der Waals surface area contributed by atoms with E-state index in [4.69, 9.17) is 5.11 Å². The molecule has 0 bridgehead atoms. The summed E-state index contributed by atoms with van der Waals surface area (Å²) in [6, 6.07) is 3.79. The van der Waals surface area contributed by atoms with Gasteiger partial charge in [0.1, 0.15) is 11.5 Å². The molecule has 0 unspecified atom stereocenters. The van der Waals surface area contributed by atoms with Gasteiger partial charge in [-0.1, -0.05) is 12.1 Å². The number of phenols is 2. The molecular formula is C20H25NO3. The van der Waals surface area contributed by atoms with E-state index in [0.717, 1.165) is 30.4 Å². The van der Waals surface area contributed by atoms with Gasteiger partial charge < -0.3 is 15.3 Å². The first-order chi connectivity index (χ1) is 11.5. The van der Waals surface area contributed by atoms with Crippen LogP contribution in [0.2, 0.25) is 0 Å². The summed E-state index contributed by atoms with van der Waals surface area (Å²) in [7, 11) is 0. The summed E-state index contributed by atoms with van der Waals surface area (Å²) in [5.41, 5.74) is 4.43. The summed E-state index contributed by atoms with van der Waals surface area (Å²) in [6.45, 7) is 5.59. The highest BCUT2D eigenvalue weighted by Crippen LogP contribution is 2.42. The molecule has 3 N–H and O–H groups in total. The molecule has 24 heavy (non-hydrogen) atoms. The molecule has 0 amide bonds. The molecule has 128 valence electrons. The number of nitrogens with zero attached hydrogens (tertiary/aromatic N) is 1. The molecular weight excluding hydrogens is 302 g/mol. The second-order valence-corrected chi connectivity index (χ2v) is 6.03. The highest BCUT2D eigenvalue weighted by Gasteiger charge is 2.20. The van der Waals surface area contributed by atoms with E-state index in [2.05, 4.69) is 4.98 Å². The molecule has 0 aliphatic carbocycles. The van der Waals surface area contributed by atoms with E-state index in [9.17, 15) is 10.2 Å². The van der Waals surface area contributed by atoms with Crippen LogP contribution in [0.4, 0.5) is 0 Å². The van der Waals surface area contributed by atoms with Crippen LogP contribution < -0.4 is 0 Å². The Morgan fingerprint density at radius 1 is 1.04 bits per heavy atom. The van der Waals surface area contributed by atoms with Gasteiger partial charge in [-0.05, 0) is 62.8 Å². The van der Waals surface area contributed by atoms with E-state index in [-0.39, 0.29) is 18.1 Å². The van der Waals surface area contributed by atoms with Crippen molar-refractivity contribution in [1.29, 1.82) is 0 Å². The van der Waals surface area contributed by atoms with Gasteiger partial charge in [0.2, 0.25) is 0 Å². The Labute approximate surface area is 143 Å². The number of allylic oxidation sites excluding steroid dienone is 1. The molecule has 4 heteroatoms. The van der Waals surface area contributed by atoms with Gasteiger partial charge in [0.15, 0.2) is 0 Å². The number of unbranched alkanes of at least 4 members (excludes halogenated alkanes) is 2. The summed E-state index contributed by atoms with van der Waals surface area (Å²) in [6.07, 6.45) is 7.87. The molecule has 1 aromatic carbocycles. The number of phenolic OH excluding ortho intramolecular Hbond substituents is 2. The zero-order valence-electron chi connectivity index (χ0n) is 14.5. The fourth-order valence-corrected chi connectivity index (χ4v) is 2.84. The predicted molar refractivity (Wildman–Crippen MR) is 96.2 cm³/mol. The Bertz CT molecular complexity index is 707. The maximum Gasteiger partial charge on any atom is 0.127 e. The van der Waals surface area contributed by atoms with Gasteiger partial charge in [-0.15, -0.1) is 0 Å². The van der Waals surface area contributed by atoms with Crippen molar-refractivity contribution >= 4 is 5.57 Å². The van der Waals surface area contributed by atoms with Crippen molar-refractivity contribution in [3.8, 4) is 11.5 Å². The Morgan fingerprint density at radius 2 is 1.75 bits per heavy atom. The topological polar surface area (TPSA) is 73.6 Å². The fourth-order valence-electron chi connectivity index (χ4n) is 2.84. The molecule has 2 rings (SSSR count). The lowest BCUT2D eigenvalue weighted by Crippen LogP contribution is -1.98. The molecule has 0 fully saturated rings. The minimum Gasteiger partial charge on any atom is -0.507 e. The molecule has 0 radical (unpaired) electrons. The van der Waals surface area contributed by atoms with Crippen LogP contribution in [0.3, 0.4) is 0 Å². The third-order valence-corrected chi connectivity index (χ3v) is 4.44. The Balaban J connectivity index is 2.60. The van der Waals surface area contributed by atoms with E-state index in [1.165, 1.54) is 0 Å². The standard InChI is InChI=1S/C20H25NO3/c1-13-14(2)20(24)18(15(3)19(13)23)17(9-5-4-6-11-22)16-8-7-10-21-12-16/h7-10,12,22-24H,4-6,11H2,1-3H3/b17-9+. The molecule has 0 atom stereocenters. The molecule has 1 aromatic heterocycles. The second-order valence-electron chi connectivity index (χ2n) is 6.03. The number of benzene rings is 1. The first-order valence-corrected chi connectivity index (χ1v) is 8.22. The van der Waals surface area contributed by atoms with Crippen molar-refractivity contribution in [1.82, 2.24) is 4.98 Å². The van der Waals surface area contributed by atoms with Crippen LogP contribution in [0.25, 0.3) is 5.57 Å². The summed E-state index contributed by atoms with van der Waals surface area (Å²) in [5.74, 6) is 0.408. The van der Waals surface area contributed by atoms with E-state index in [1.54, 1.807) is 26.2 Å². The molecule has 4 nitrogen and oxygen atoms in total. The van der Waals surface area contributed by atoms with Gasteiger partial charge in [0.25, 0.3) is 0 Å². The number of aliphatic hydroxyl groups is 1. The Hall–Kier alpha value is -2.33. The number of aromatic hydroxyl groups is 2. The largest absolute Gasteiger partial charge is 0.507 e. The van der Waals surface area contributed by atoms with Crippen molar-refractivity contribution in [2.45, 2.75) is 40.0 Å². The van der Waals surface area contributed by atoms with Crippen molar-refractivity contribution in [3.05, 3.63) is 58.4 Å². The first kappa shape index (κ1) is 18.0. The SMILES string of the molecule is Cc1c(C)c(O)c(/C(=C/CCCCO)c2cccnc2)c(C)c1O. The Kier molecular flexibility index (Phi) is 5.99. The van der Waals surface area contributed by atoms with E-state index in [1.807, 2.05) is 25.1 Å². The third-order valence-electron chi connectivity index (χ3n) is 4.44. The molecule has 1 heterocycles. The van der Waals surface area contributed by atoms with Crippen LogP contribution in [0.15, 0.2) is 30.6 Å². The Morgan fingerprint density at radius 3 is 2.38 bits per heavy atom. The maximum atomic E-state index is 10.7. The number of aliphatic hydroxyl groups excluding tert-OH is 1. The number of rotatable bonds is 6. The molecule has 0 saturated carbocycles. The van der Waals surface area contributed by atoms with Crippen molar-refractivity contribution in [2.24, 2.45) is 0 Å². The fraction of sp³-hybridized carbons (Fsp3) is 0.350. The van der Waals surface area contributed by atoms with E-state index < -0.39 is 0 Å². The molecule has 0 aliphatic heterocycles. The van der Waals surface area contributed by atoms with Crippen LogP contribution in [-0.2, 0) is 0 Å². The van der Waals surface area contributed by atoms with Crippen molar-refractivity contribution in [3.63, 3.8) is 0 Å². The summed E-state index contributed by atoms with van der Waals surface area (Å²) < 4.78 is 0. The highest BCUT2D eigenvalue weighted by molar-refractivity contribution is 5.86. The molecule has 2 aromatic rings. The zero-order chi connectivity index (χ0) is 17.7. The molecule has 0 spiro atoms. The van der Waals surface area contributed by atoms with Crippen LogP contribution in [0.1, 0.15) is 47.1 Å². The molecule has 0 aliphatic rings. The van der Waals surface area contributed by atoms with Gasteiger partial charge in [-0.25, -0.2) is 0 Å². The number of pyridine rings is 1. The van der Waals surface area contributed by atoms with E-state index in [0.29, 0.717) is 22.3 Å². The number of hydrogen-bond acceptors (Lipinski definition) is 4. The quantitative estimate of drug-likeness (QED) is 0.553. The van der Waals surface area contributed by atoms with Crippen LogP contribution in [0.5, 0.6) is 11.5 Å². The van der Waals surface area contributed by atoms with Crippen LogP contribution in [0, 0.1) is 20.8 Å². The van der Waals surface area contributed by atoms with Crippen molar-refractivity contribution in [2.75, 3.05) is 6.61 Å². The first-order valence-electron chi connectivity index (χ1n) is 8.22. The van der Waals surface area contributed by atoms with Crippen LogP contribution >= 0.6 is 0 Å². The summed E-state index contributed by atoms with van der Waals surface area (Å²) >= 11 is 0. The van der Waals surface area contributed by atoms with Gasteiger partial charge >= 0.3 is 0 Å². The third kappa shape index (κ3) is 3.60. The number of hydrogen-bond donors (Lipinski definition) is 3. The minimum atomic E-state index is 0.171. The van der Waals surface area contributed by atoms with Crippen LogP contribution in [-0.4, -0.2) is 26.9 Å². The average Bonchev–Trinajstić information content (AvgIpc) is 2.61. The monoisotopic (exact) mass is 327 g/mol. The average molecular weight is 327 g/mol. The molecule has 0 saturated heterocycles. The van der Waals surface area contributed by atoms with Gasteiger partial charge in [-0.2, -0.15) is 0 Å². The summed E-state index contributed by atoms with van der Waals surface area (Å²) in [5, 5.41) is 30.1. The number of aromatic nitrogens is 1. The predicted octanol–water partition coefficient (Wildman–Crippen LogP) is 4.01. The highest BCUT2D eigenvalue weighted by atomic mass is 16.3. The summed E-state index contributed by atoms with van der Waals surface area (Å²) in [4.78, 5) is 4.17. The lowest BCUT2D eigenvalue weighted by molar-refractivity contribution is 0.285.